The molecule has 0 atom stereocenters. The van der Waals surface area contributed by atoms with E-state index >= 15 is 0 Å². The van der Waals surface area contributed by atoms with Crippen molar-refractivity contribution in [3.8, 4) is 0 Å². The Morgan fingerprint density at radius 1 is 1.27 bits per heavy atom. The Morgan fingerprint density at radius 2 is 1.80 bits per heavy atom. The fourth-order valence-corrected chi connectivity index (χ4v) is 1.11. The van der Waals surface area contributed by atoms with E-state index in [0.29, 0.717) is 0 Å². The van der Waals surface area contributed by atoms with Crippen LogP contribution in [0.4, 0.5) is 18.6 Å². The van der Waals surface area contributed by atoms with E-state index in [0.717, 1.165) is 12.1 Å². The first kappa shape index (κ1) is 15.1. The zero-order chi connectivity index (χ0) is 10.8. The maximum absolute atomic E-state index is 12.0. The summed E-state index contributed by atoms with van der Waals surface area (Å²) in [6.45, 7) is -5.03. The number of nitro groups is 1. The van der Waals surface area contributed by atoms with Crippen LogP contribution in [0.3, 0.4) is 0 Å². The molecule has 0 saturated heterocycles. The van der Waals surface area contributed by atoms with Crippen LogP contribution in [-0.2, 0) is 6.32 Å². The van der Waals surface area contributed by atoms with E-state index in [1.54, 1.807) is 0 Å². The Balaban J connectivity index is 0.00000196. The van der Waals surface area contributed by atoms with Crippen molar-refractivity contribution in [1.82, 2.24) is 0 Å². The predicted molar refractivity (Wildman–Crippen MR) is 45.9 cm³/mol. The van der Waals surface area contributed by atoms with Gasteiger partial charge < -0.3 is 12.9 Å². The molecule has 0 aliphatic rings. The van der Waals surface area contributed by atoms with Crippen LogP contribution >= 0.6 is 0 Å². The molecule has 0 heterocycles. The van der Waals surface area contributed by atoms with Gasteiger partial charge in [0.25, 0.3) is 5.69 Å². The van der Waals surface area contributed by atoms with Crippen molar-refractivity contribution in [2.75, 3.05) is 0 Å². The first-order valence-corrected chi connectivity index (χ1v) is 3.83. The number of nitrogens with zero attached hydrogens (tertiary/aromatic N) is 1. The van der Waals surface area contributed by atoms with E-state index in [1.807, 2.05) is 0 Å². The molecule has 0 aliphatic heterocycles. The molecule has 0 N–H and O–H groups in total. The normalized spacial score (nSPS) is 10.6. The van der Waals surface area contributed by atoms with E-state index in [4.69, 9.17) is 0 Å². The van der Waals surface area contributed by atoms with Crippen molar-refractivity contribution in [2.45, 2.75) is 6.32 Å². The minimum atomic E-state index is -5.03. The summed E-state index contributed by atoms with van der Waals surface area (Å²) >= 11 is 0. The van der Waals surface area contributed by atoms with Crippen LogP contribution in [0.2, 0.25) is 0 Å². The third-order valence-corrected chi connectivity index (χ3v) is 1.64. The summed E-state index contributed by atoms with van der Waals surface area (Å²) in [5.41, 5.74) is -0.767. The van der Waals surface area contributed by atoms with Gasteiger partial charge in [0.1, 0.15) is 0 Å². The second kappa shape index (κ2) is 6.00. The summed E-state index contributed by atoms with van der Waals surface area (Å²) < 4.78 is 36.1. The van der Waals surface area contributed by atoms with Crippen molar-refractivity contribution in [3.05, 3.63) is 39.9 Å². The van der Waals surface area contributed by atoms with Crippen molar-refractivity contribution < 1.29 is 69.3 Å². The standard InChI is InChI=1S/C7H6BF3NO2.K/c9-8(10,11)5-6-3-1-2-4-7(6)12(13)14;/h1-4H,5H2;/q-1;+1. The summed E-state index contributed by atoms with van der Waals surface area (Å²) in [4.78, 5) is 9.54. The van der Waals surface area contributed by atoms with Gasteiger partial charge >= 0.3 is 58.4 Å². The minimum absolute atomic E-state index is 0. The third kappa shape index (κ3) is 5.12. The summed E-state index contributed by atoms with van der Waals surface area (Å²) in [6, 6.07) is 4.87. The molecule has 76 valence electrons. The number of rotatable bonds is 3. The predicted octanol–water partition coefficient (Wildman–Crippen LogP) is -0.472. The zero-order valence-corrected chi connectivity index (χ0v) is 11.1. The fourth-order valence-electron chi connectivity index (χ4n) is 1.11. The van der Waals surface area contributed by atoms with E-state index in [-0.39, 0.29) is 56.9 Å². The number of hydrogen-bond donors (Lipinski definition) is 0. The number of para-hydroxylation sites is 1. The number of halogens is 3. The van der Waals surface area contributed by atoms with Gasteiger partial charge in [0.05, 0.1) is 4.92 Å². The first-order valence-electron chi connectivity index (χ1n) is 3.83. The van der Waals surface area contributed by atoms with E-state index in [2.05, 4.69) is 0 Å². The van der Waals surface area contributed by atoms with Gasteiger partial charge in [-0.1, -0.05) is 24.5 Å². The molecule has 1 aromatic carbocycles. The SMILES string of the molecule is O=[N+]([O-])c1ccccc1C[B-](F)(F)F.[K+]. The molecular weight excluding hydrogens is 237 g/mol. The smallest absolute Gasteiger partial charge is 0.449 e. The van der Waals surface area contributed by atoms with Crippen LogP contribution in [0, 0.1) is 10.1 Å². The Bertz CT molecular complexity index is 358. The number of nitro benzene ring substituents is 1. The van der Waals surface area contributed by atoms with E-state index in [1.165, 1.54) is 12.1 Å². The molecule has 3 nitrogen and oxygen atoms in total. The van der Waals surface area contributed by atoms with Gasteiger partial charge in [-0.05, 0) is 0 Å². The quantitative estimate of drug-likeness (QED) is 0.409. The Hall–Kier alpha value is 0.111. The topological polar surface area (TPSA) is 43.1 Å². The molecule has 0 saturated carbocycles. The molecule has 15 heavy (non-hydrogen) atoms. The van der Waals surface area contributed by atoms with Gasteiger partial charge in [0.15, 0.2) is 0 Å². The fraction of sp³-hybridized carbons (Fsp3) is 0.143. The van der Waals surface area contributed by atoms with Crippen LogP contribution in [-0.4, -0.2) is 11.9 Å². The Labute approximate surface area is 127 Å². The Morgan fingerprint density at radius 3 is 2.27 bits per heavy atom. The maximum Gasteiger partial charge on any atom is 1.00 e. The van der Waals surface area contributed by atoms with Gasteiger partial charge in [-0.25, -0.2) is 0 Å². The second-order valence-electron chi connectivity index (χ2n) is 2.80. The van der Waals surface area contributed by atoms with Crippen LogP contribution < -0.4 is 51.4 Å². The molecule has 0 radical (unpaired) electrons. The monoisotopic (exact) mass is 243 g/mol. The molecule has 0 spiro atoms. The van der Waals surface area contributed by atoms with Gasteiger partial charge in [-0.2, -0.15) is 0 Å². The molecule has 0 aromatic heterocycles. The van der Waals surface area contributed by atoms with Crippen molar-refractivity contribution >= 4 is 12.7 Å². The van der Waals surface area contributed by atoms with E-state index < -0.39 is 23.9 Å². The van der Waals surface area contributed by atoms with Gasteiger partial charge in [-0.15, -0.1) is 0 Å². The maximum atomic E-state index is 12.0. The van der Waals surface area contributed by atoms with Crippen molar-refractivity contribution in [1.29, 1.82) is 0 Å². The zero-order valence-electron chi connectivity index (χ0n) is 7.99. The minimum Gasteiger partial charge on any atom is -0.449 e. The molecule has 0 amide bonds. The van der Waals surface area contributed by atoms with Crippen molar-refractivity contribution in [3.63, 3.8) is 0 Å². The number of benzene rings is 1. The average Bonchev–Trinajstić information content (AvgIpc) is 2.01. The molecule has 1 rings (SSSR count). The summed E-state index contributed by atoms with van der Waals surface area (Å²) in [6.07, 6.45) is -1.21. The first-order chi connectivity index (χ1) is 6.40. The molecular formula is C7H6BF3KNO2. The van der Waals surface area contributed by atoms with Gasteiger partial charge in [0.2, 0.25) is 0 Å². The third-order valence-electron chi connectivity index (χ3n) is 1.64. The van der Waals surface area contributed by atoms with Gasteiger partial charge in [-0.3, -0.25) is 10.1 Å². The van der Waals surface area contributed by atoms with Crippen LogP contribution in [0.25, 0.3) is 0 Å². The van der Waals surface area contributed by atoms with E-state index in [9.17, 15) is 23.1 Å². The molecule has 0 unspecified atom stereocenters. The average molecular weight is 243 g/mol. The molecule has 8 heteroatoms. The molecule has 0 fully saturated rings. The van der Waals surface area contributed by atoms with Gasteiger partial charge in [0, 0.05) is 11.6 Å². The van der Waals surface area contributed by atoms with Crippen LogP contribution in [0.1, 0.15) is 5.56 Å². The summed E-state index contributed by atoms with van der Waals surface area (Å²) in [5, 5.41) is 10.4. The largest absolute Gasteiger partial charge is 1.00 e. The molecule has 0 bridgehead atoms. The van der Waals surface area contributed by atoms with Crippen LogP contribution in [0.5, 0.6) is 0 Å². The summed E-state index contributed by atoms with van der Waals surface area (Å²) in [7, 11) is 0. The molecule has 1 aromatic rings. The van der Waals surface area contributed by atoms with Crippen molar-refractivity contribution in [2.24, 2.45) is 0 Å². The second-order valence-corrected chi connectivity index (χ2v) is 2.80. The summed E-state index contributed by atoms with van der Waals surface area (Å²) in [5.74, 6) is 0. The Kier molecular flexibility index (Phi) is 6.04. The van der Waals surface area contributed by atoms with Crippen LogP contribution in [0.15, 0.2) is 24.3 Å². The number of hydrogen-bond acceptors (Lipinski definition) is 2. The molecule has 0 aliphatic carbocycles.